The van der Waals surface area contributed by atoms with Crippen molar-refractivity contribution in [3.8, 4) is 0 Å². The van der Waals surface area contributed by atoms with E-state index in [-0.39, 0.29) is 0 Å². The summed E-state index contributed by atoms with van der Waals surface area (Å²) < 4.78 is 2.07. The number of imidazole rings is 1. The van der Waals surface area contributed by atoms with Crippen molar-refractivity contribution in [3.05, 3.63) is 17.7 Å². The summed E-state index contributed by atoms with van der Waals surface area (Å²) in [6, 6.07) is 0. The Labute approximate surface area is 67.2 Å². The van der Waals surface area contributed by atoms with Gasteiger partial charge in [-0.25, -0.2) is 4.98 Å². The zero-order valence-electron chi connectivity index (χ0n) is 7.17. The molecule has 0 aliphatic rings. The lowest BCUT2D eigenvalue weighted by Crippen LogP contribution is -2.05. The summed E-state index contributed by atoms with van der Waals surface area (Å²) in [4.78, 5) is 4.26. The second-order valence-corrected chi connectivity index (χ2v) is 2.68. The number of aromatic nitrogens is 2. The summed E-state index contributed by atoms with van der Waals surface area (Å²) in [6.45, 7) is 2.73. The quantitative estimate of drug-likeness (QED) is 0.699. The Morgan fingerprint density at radius 2 is 2.36 bits per heavy atom. The van der Waals surface area contributed by atoms with Gasteiger partial charge in [-0.2, -0.15) is 0 Å². The zero-order valence-corrected chi connectivity index (χ0v) is 7.17. The number of nitrogens with two attached hydrogens (primary N) is 1. The molecule has 0 atom stereocenters. The van der Waals surface area contributed by atoms with E-state index in [4.69, 9.17) is 5.73 Å². The van der Waals surface area contributed by atoms with E-state index >= 15 is 0 Å². The summed E-state index contributed by atoms with van der Waals surface area (Å²) in [5, 5.41) is 0. The Morgan fingerprint density at radius 3 is 2.82 bits per heavy atom. The van der Waals surface area contributed by atoms with Crippen LogP contribution in [0.3, 0.4) is 0 Å². The van der Waals surface area contributed by atoms with Crippen molar-refractivity contribution < 1.29 is 0 Å². The number of hydrogen-bond acceptors (Lipinski definition) is 2. The van der Waals surface area contributed by atoms with Crippen LogP contribution in [-0.4, -0.2) is 9.55 Å². The van der Waals surface area contributed by atoms with Crippen LogP contribution in [0.25, 0.3) is 0 Å². The average Bonchev–Trinajstić information content (AvgIpc) is 2.34. The molecular formula is C8H15N3. The molecule has 1 heterocycles. The lowest BCUT2D eigenvalue weighted by Gasteiger charge is -2.01. The van der Waals surface area contributed by atoms with Gasteiger partial charge in [-0.15, -0.1) is 0 Å². The Bertz CT molecular complexity index is 227. The zero-order chi connectivity index (χ0) is 8.27. The SMILES string of the molecule is CCCc1ncc(CN)n1C. The normalized spacial score (nSPS) is 10.5. The molecule has 0 radical (unpaired) electrons. The van der Waals surface area contributed by atoms with Gasteiger partial charge in [-0.3, -0.25) is 0 Å². The van der Waals surface area contributed by atoms with Gasteiger partial charge in [0.2, 0.25) is 0 Å². The van der Waals surface area contributed by atoms with E-state index in [9.17, 15) is 0 Å². The molecule has 62 valence electrons. The fraction of sp³-hybridized carbons (Fsp3) is 0.625. The Balaban J connectivity index is 2.82. The van der Waals surface area contributed by atoms with Gasteiger partial charge in [-0.1, -0.05) is 6.92 Å². The summed E-state index contributed by atoms with van der Waals surface area (Å²) in [5.41, 5.74) is 6.60. The van der Waals surface area contributed by atoms with Crippen LogP contribution in [0.5, 0.6) is 0 Å². The number of rotatable bonds is 3. The number of nitrogens with zero attached hydrogens (tertiary/aromatic N) is 2. The first-order chi connectivity index (χ1) is 5.29. The molecule has 0 bridgehead atoms. The highest BCUT2D eigenvalue weighted by Gasteiger charge is 2.02. The minimum absolute atomic E-state index is 0.577. The van der Waals surface area contributed by atoms with Gasteiger partial charge < -0.3 is 10.3 Å². The van der Waals surface area contributed by atoms with Crippen LogP contribution in [0.15, 0.2) is 6.20 Å². The van der Waals surface area contributed by atoms with Crippen molar-refractivity contribution in [2.45, 2.75) is 26.3 Å². The van der Waals surface area contributed by atoms with E-state index in [2.05, 4.69) is 16.5 Å². The highest BCUT2D eigenvalue weighted by Crippen LogP contribution is 2.03. The third kappa shape index (κ3) is 1.60. The molecule has 0 unspecified atom stereocenters. The Kier molecular flexibility index (Phi) is 2.65. The van der Waals surface area contributed by atoms with Crippen molar-refractivity contribution in [2.75, 3.05) is 0 Å². The van der Waals surface area contributed by atoms with Crippen molar-refractivity contribution in [1.29, 1.82) is 0 Å². The molecule has 0 saturated heterocycles. The van der Waals surface area contributed by atoms with Gasteiger partial charge in [0.25, 0.3) is 0 Å². The first-order valence-electron chi connectivity index (χ1n) is 3.99. The predicted molar refractivity (Wildman–Crippen MR) is 45.1 cm³/mol. The molecule has 3 heteroatoms. The molecule has 0 saturated carbocycles. The molecule has 1 rings (SSSR count). The van der Waals surface area contributed by atoms with Gasteiger partial charge in [0.1, 0.15) is 5.82 Å². The molecule has 0 fully saturated rings. The van der Waals surface area contributed by atoms with Gasteiger partial charge in [0.15, 0.2) is 0 Å². The molecule has 3 nitrogen and oxygen atoms in total. The third-order valence-electron chi connectivity index (χ3n) is 1.86. The average molecular weight is 153 g/mol. The first kappa shape index (κ1) is 8.27. The predicted octanol–water partition coefficient (Wildman–Crippen LogP) is 0.831. The molecule has 1 aromatic heterocycles. The maximum absolute atomic E-state index is 5.50. The largest absolute Gasteiger partial charge is 0.334 e. The fourth-order valence-electron chi connectivity index (χ4n) is 1.13. The Morgan fingerprint density at radius 1 is 1.64 bits per heavy atom. The van der Waals surface area contributed by atoms with Gasteiger partial charge in [-0.05, 0) is 6.42 Å². The monoisotopic (exact) mass is 153 g/mol. The second-order valence-electron chi connectivity index (χ2n) is 2.68. The van der Waals surface area contributed by atoms with E-state index in [1.54, 1.807) is 0 Å². The lowest BCUT2D eigenvalue weighted by molar-refractivity contribution is 0.727. The highest BCUT2D eigenvalue weighted by molar-refractivity contribution is 5.04. The first-order valence-corrected chi connectivity index (χ1v) is 3.99. The summed E-state index contributed by atoms with van der Waals surface area (Å²) >= 11 is 0. The van der Waals surface area contributed by atoms with Gasteiger partial charge >= 0.3 is 0 Å². The maximum Gasteiger partial charge on any atom is 0.108 e. The van der Waals surface area contributed by atoms with Crippen LogP contribution in [0, 0.1) is 0 Å². The van der Waals surface area contributed by atoms with Gasteiger partial charge in [0.05, 0.1) is 5.69 Å². The second kappa shape index (κ2) is 3.53. The molecule has 11 heavy (non-hydrogen) atoms. The molecule has 1 aromatic rings. The smallest absolute Gasteiger partial charge is 0.108 e. The van der Waals surface area contributed by atoms with E-state index in [1.807, 2.05) is 13.2 Å². The van der Waals surface area contributed by atoms with Crippen molar-refractivity contribution >= 4 is 0 Å². The topological polar surface area (TPSA) is 43.8 Å². The van der Waals surface area contributed by atoms with Crippen molar-refractivity contribution in [2.24, 2.45) is 12.8 Å². The summed E-state index contributed by atoms with van der Waals surface area (Å²) in [5.74, 6) is 1.13. The lowest BCUT2D eigenvalue weighted by atomic mass is 10.3. The number of aryl methyl sites for hydroxylation is 1. The van der Waals surface area contributed by atoms with E-state index in [0.717, 1.165) is 24.4 Å². The number of hydrogen-bond donors (Lipinski definition) is 1. The molecular weight excluding hydrogens is 138 g/mol. The Hall–Kier alpha value is -0.830. The molecule has 2 N–H and O–H groups in total. The van der Waals surface area contributed by atoms with Crippen LogP contribution < -0.4 is 5.73 Å². The van der Waals surface area contributed by atoms with Crippen molar-refractivity contribution in [1.82, 2.24) is 9.55 Å². The molecule has 0 spiro atoms. The van der Waals surface area contributed by atoms with E-state index in [0.29, 0.717) is 6.54 Å². The van der Waals surface area contributed by atoms with Gasteiger partial charge in [0, 0.05) is 26.2 Å². The summed E-state index contributed by atoms with van der Waals surface area (Å²) in [7, 11) is 2.01. The highest BCUT2D eigenvalue weighted by atomic mass is 15.1. The van der Waals surface area contributed by atoms with Crippen molar-refractivity contribution in [3.63, 3.8) is 0 Å². The maximum atomic E-state index is 5.50. The minimum Gasteiger partial charge on any atom is -0.334 e. The standard InChI is InChI=1S/C8H15N3/c1-3-4-8-10-6-7(5-9)11(8)2/h6H,3-5,9H2,1-2H3. The van der Waals surface area contributed by atoms with Crippen LogP contribution in [0.1, 0.15) is 24.9 Å². The van der Waals surface area contributed by atoms with Crippen LogP contribution in [-0.2, 0) is 20.0 Å². The van der Waals surface area contributed by atoms with Crippen LogP contribution in [0.4, 0.5) is 0 Å². The molecule has 0 aliphatic carbocycles. The fourth-order valence-corrected chi connectivity index (χ4v) is 1.13. The molecule has 0 amide bonds. The minimum atomic E-state index is 0.577. The van der Waals surface area contributed by atoms with E-state index < -0.39 is 0 Å². The third-order valence-corrected chi connectivity index (χ3v) is 1.86. The van der Waals surface area contributed by atoms with Crippen LogP contribution >= 0.6 is 0 Å². The van der Waals surface area contributed by atoms with Crippen LogP contribution in [0.2, 0.25) is 0 Å². The summed E-state index contributed by atoms with van der Waals surface area (Å²) in [6.07, 6.45) is 4.02. The molecule has 0 aromatic carbocycles. The molecule has 0 aliphatic heterocycles. The van der Waals surface area contributed by atoms with E-state index in [1.165, 1.54) is 0 Å².